The van der Waals surface area contributed by atoms with Gasteiger partial charge >= 0.3 is 12.0 Å². The Bertz CT molecular complexity index is 489. The molecule has 1 aromatic rings. The van der Waals surface area contributed by atoms with Gasteiger partial charge in [-0.25, -0.2) is 9.59 Å². The van der Waals surface area contributed by atoms with E-state index in [1.807, 2.05) is 17.5 Å². The van der Waals surface area contributed by atoms with Crippen LogP contribution in [-0.2, 0) is 11.2 Å². The molecular formula is C14H20N2O3S. The van der Waals surface area contributed by atoms with E-state index < -0.39 is 11.5 Å². The molecule has 2 amide bonds. The first kappa shape index (κ1) is 14.8. The summed E-state index contributed by atoms with van der Waals surface area (Å²) in [6.45, 7) is 2.75. The number of urea groups is 1. The highest BCUT2D eigenvalue weighted by atomic mass is 32.1. The van der Waals surface area contributed by atoms with Gasteiger partial charge in [-0.2, -0.15) is 0 Å². The van der Waals surface area contributed by atoms with Crippen LogP contribution in [0.3, 0.4) is 0 Å². The van der Waals surface area contributed by atoms with Crippen molar-refractivity contribution in [2.24, 2.45) is 0 Å². The number of aliphatic carboxylic acids is 1. The van der Waals surface area contributed by atoms with Crippen molar-refractivity contribution in [1.82, 2.24) is 9.80 Å². The van der Waals surface area contributed by atoms with Crippen LogP contribution in [0.25, 0.3) is 0 Å². The minimum Gasteiger partial charge on any atom is -0.480 e. The van der Waals surface area contributed by atoms with Crippen LogP contribution in [0, 0.1) is 0 Å². The van der Waals surface area contributed by atoms with Crippen LogP contribution in [0.15, 0.2) is 17.5 Å². The lowest BCUT2D eigenvalue weighted by atomic mass is 10.00. The first-order valence-electron chi connectivity index (χ1n) is 6.73. The third-order valence-corrected chi connectivity index (χ3v) is 4.87. The predicted molar refractivity (Wildman–Crippen MR) is 78.0 cm³/mol. The zero-order chi connectivity index (χ0) is 14.8. The van der Waals surface area contributed by atoms with Crippen LogP contribution in [0.5, 0.6) is 0 Å². The fraction of sp³-hybridized carbons (Fsp3) is 0.571. The van der Waals surface area contributed by atoms with E-state index in [-0.39, 0.29) is 6.03 Å². The van der Waals surface area contributed by atoms with E-state index in [1.165, 1.54) is 9.78 Å². The molecule has 1 aliphatic heterocycles. The summed E-state index contributed by atoms with van der Waals surface area (Å²) in [5.41, 5.74) is -1.06. The van der Waals surface area contributed by atoms with Gasteiger partial charge < -0.3 is 14.9 Å². The van der Waals surface area contributed by atoms with Gasteiger partial charge in [0.25, 0.3) is 0 Å². The third kappa shape index (κ3) is 2.80. The van der Waals surface area contributed by atoms with Crippen molar-refractivity contribution in [2.45, 2.75) is 31.7 Å². The Labute approximate surface area is 122 Å². The van der Waals surface area contributed by atoms with E-state index in [9.17, 15) is 14.7 Å². The van der Waals surface area contributed by atoms with Crippen LogP contribution >= 0.6 is 11.3 Å². The van der Waals surface area contributed by atoms with Crippen molar-refractivity contribution in [3.05, 3.63) is 22.4 Å². The molecule has 0 spiro atoms. The Morgan fingerprint density at radius 3 is 2.90 bits per heavy atom. The number of carbonyl (C=O) groups excluding carboxylic acids is 1. The average Bonchev–Trinajstić information content (AvgIpc) is 3.05. The molecule has 1 saturated heterocycles. The normalized spacial score (nSPS) is 22.0. The number of hydrogen-bond acceptors (Lipinski definition) is 3. The Morgan fingerprint density at radius 1 is 1.55 bits per heavy atom. The lowest BCUT2D eigenvalue weighted by molar-refractivity contribution is -0.147. The number of rotatable bonds is 4. The molecule has 110 valence electrons. The van der Waals surface area contributed by atoms with Gasteiger partial charge in [-0.15, -0.1) is 11.3 Å². The van der Waals surface area contributed by atoms with Crippen LogP contribution in [-0.4, -0.2) is 52.6 Å². The summed E-state index contributed by atoms with van der Waals surface area (Å²) in [5.74, 6) is -0.921. The molecule has 20 heavy (non-hydrogen) atoms. The van der Waals surface area contributed by atoms with Crippen molar-refractivity contribution >= 4 is 23.3 Å². The molecule has 1 fully saturated rings. The summed E-state index contributed by atoms with van der Waals surface area (Å²) < 4.78 is 0. The molecule has 2 heterocycles. The molecule has 0 saturated carbocycles. The molecule has 1 aliphatic rings. The summed E-state index contributed by atoms with van der Waals surface area (Å²) in [6, 6.07) is 3.84. The van der Waals surface area contributed by atoms with E-state index >= 15 is 0 Å². The molecule has 5 nitrogen and oxygen atoms in total. The fourth-order valence-corrected chi connectivity index (χ4v) is 3.22. The van der Waals surface area contributed by atoms with Crippen LogP contribution in [0.1, 0.15) is 24.6 Å². The summed E-state index contributed by atoms with van der Waals surface area (Å²) >= 11 is 1.67. The maximum absolute atomic E-state index is 12.4. The second-order valence-electron chi connectivity index (χ2n) is 5.37. The van der Waals surface area contributed by atoms with E-state index in [0.29, 0.717) is 19.5 Å². The van der Waals surface area contributed by atoms with Crippen molar-refractivity contribution in [2.75, 3.05) is 20.1 Å². The molecule has 1 unspecified atom stereocenters. The number of amides is 2. The molecule has 0 aromatic carbocycles. The number of likely N-dealkylation sites (N-methyl/N-ethyl adjacent to an activating group) is 1. The first-order valence-corrected chi connectivity index (χ1v) is 7.61. The lowest BCUT2D eigenvalue weighted by Gasteiger charge is -2.34. The molecule has 0 radical (unpaired) electrons. The number of carboxylic acids is 1. The number of carboxylic acid groups (broad SMARTS) is 1. The standard InChI is InChI=1S/C14H20N2O3S/c1-14(12(17)18)7-4-8-16(14)13(19)15(2)9-6-11-5-3-10-20-11/h3,5,10H,4,6-9H2,1-2H3,(H,17,18). The van der Waals surface area contributed by atoms with Crippen LogP contribution in [0.2, 0.25) is 0 Å². The minimum atomic E-state index is -1.06. The van der Waals surface area contributed by atoms with Crippen molar-refractivity contribution in [3.8, 4) is 0 Å². The highest BCUT2D eigenvalue weighted by Gasteiger charge is 2.46. The average molecular weight is 296 g/mol. The largest absolute Gasteiger partial charge is 0.480 e. The van der Waals surface area contributed by atoms with Crippen molar-refractivity contribution in [3.63, 3.8) is 0 Å². The Kier molecular flexibility index (Phi) is 4.32. The van der Waals surface area contributed by atoms with E-state index in [0.717, 1.165) is 12.8 Å². The third-order valence-electron chi connectivity index (χ3n) is 3.93. The van der Waals surface area contributed by atoms with Gasteiger partial charge in [0.1, 0.15) is 5.54 Å². The molecule has 6 heteroatoms. The summed E-state index contributed by atoms with van der Waals surface area (Å²) in [7, 11) is 1.73. The van der Waals surface area contributed by atoms with Crippen LogP contribution in [0.4, 0.5) is 4.79 Å². The molecule has 1 atom stereocenters. The van der Waals surface area contributed by atoms with Gasteiger partial charge in [0, 0.05) is 25.0 Å². The minimum absolute atomic E-state index is 0.191. The zero-order valence-electron chi connectivity index (χ0n) is 11.8. The van der Waals surface area contributed by atoms with Crippen molar-refractivity contribution in [1.29, 1.82) is 0 Å². The maximum Gasteiger partial charge on any atom is 0.329 e. The topological polar surface area (TPSA) is 60.9 Å². The van der Waals surface area contributed by atoms with Gasteiger partial charge in [-0.1, -0.05) is 6.07 Å². The number of hydrogen-bond donors (Lipinski definition) is 1. The predicted octanol–water partition coefficient (Wildman–Crippen LogP) is 2.28. The quantitative estimate of drug-likeness (QED) is 0.927. The smallest absolute Gasteiger partial charge is 0.329 e. The second-order valence-corrected chi connectivity index (χ2v) is 6.40. The molecule has 0 aliphatic carbocycles. The first-order chi connectivity index (χ1) is 9.45. The van der Waals surface area contributed by atoms with Gasteiger partial charge in [0.05, 0.1) is 0 Å². The maximum atomic E-state index is 12.4. The van der Waals surface area contributed by atoms with E-state index in [1.54, 1.807) is 30.2 Å². The number of carbonyl (C=O) groups is 2. The van der Waals surface area contributed by atoms with Gasteiger partial charge in [0.15, 0.2) is 0 Å². The Morgan fingerprint density at radius 2 is 2.30 bits per heavy atom. The monoisotopic (exact) mass is 296 g/mol. The molecular weight excluding hydrogens is 276 g/mol. The molecule has 1 N–H and O–H groups in total. The van der Waals surface area contributed by atoms with Gasteiger partial charge in [0.2, 0.25) is 0 Å². The molecule has 0 bridgehead atoms. The number of nitrogens with zero attached hydrogens (tertiary/aromatic N) is 2. The lowest BCUT2D eigenvalue weighted by Crippen LogP contribution is -2.54. The zero-order valence-corrected chi connectivity index (χ0v) is 12.7. The van der Waals surface area contributed by atoms with Crippen molar-refractivity contribution < 1.29 is 14.7 Å². The SMILES string of the molecule is CN(CCc1cccs1)C(=O)N1CCCC1(C)C(=O)O. The van der Waals surface area contributed by atoms with E-state index in [4.69, 9.17) is 0 Å². The Balaban J connectivity index is 1.97. The molecule has 1 aromatic heterocycles. The molecule has 2 rings (SSSR count). The second kappa shape index (κ2) is 5.83. The highest BCUT2D eigenvalue weighted by molar-refractivity contribution is 7.09. The van der Waals surface area contributed by atoms with Gasteiger partial charge in [-0.3, -0.25) is 0 Å². The van der Waals surface area contributed by atoms with Crippen LogP contribution < -0.4 is 0 Å². The number of thiophene rings is 1. The summed E-state index contributed by atoms with van der Waals surface area (Å²) in [4.78, 5) is 28.1. The summed E-state index contributed by atoms with van der Waals surface area (Å²) in [6.07, 6.45) is 2.07. The van der Waals surface area contributed by atoms with E-state index in [2.05, 4.69) is 0 Å². The number of likely N-dealkylation sites (tertiary alicyclic amines) is 1. The Hall–Kier alpha value is -1.56. The highest BCUT2D eigenvalue weighted by Crippen LogP contribution is 2.30. The summed E-state index contributed by atoms with van der Waals surface area (Å²) in [5, 5.41) is 11.4. The fourth-order valence-electron chi connectivity index (χ4n) is 2.53. The van der Waals surface area contributed by atoms with Gasteiger partial charge in [-0.05, 0) is 37.6 Å².